The van der Waals surface area contributed by atoms with Crippen LogP contribution in [0.5, 0.6) is 0 Å². The Labute approximate surface area is 181 Å². The molecule has 2 aromatic heterocycles. The Morgan fingerprint density at radius 1 is 1.13 bits per heavy atom. The van der Waals surface area contributed by atoms with Crippen molar-refractivity contribution in [3.8, 4) is 17.1 Å². The smallest absolute Gasteiger partial charge is 0.230 e. The van der Waals surface area contributed by atoms with Crippen molar-refractivity contribution in [1.82, 2.24) is 30.2 Å². The summed E-state index contributed by atoms with van der Waals surface area (Å²) in [6.07, 6.45) is 0.464. The van der Waals surface area contributed by atoms with E-state index in [1.807, 2.05) is 34.9 Å². The summed E-state index contributed by atoms with van der Waals surface area (Å²) in [7, 11) is 0. The van der Waals surface area contributed by atoms with Crippen LogP contribution in [0.3, 0.4) is 0 Å². The topological polar surface area (TPSA) is 98.7 Å². The molecule has 0 unspecified atom stereocenters. The second-order valence-electron chi connectivity index (χ2n) is 6.61. The Bertz CT molecular complexity index is 1160. The van der Waals surface area contributed by atoms with Crippen LogP contribution in [0.4, 0.5) is 4.39 Å². The van der Waals surface area contributed by atoms with Crippen LogP contribution in [0.25, 0.3) is 17.1 Å². The quantitative estimate of drug-likeness (QED) is 0.422. The Morgan fingerprint density at radius 3 is 2.61 bits per heavy atom. The summed E-state index contributed by atoms with van der Waals surface area (Å²) in [5.74, 6) is 1.31. The molecule has 2 aromatic carbocycles. The summed E-state index contributed by atoms with van der Waals surface area (Å²) in [4.78, 5) is 16.4. The van der Waals surface area contributed by atoms with E-state index in [4.69, 9.17) is 4.52 Å². The number of para-hydroxylation sites is 1. The maximum atomic E-state index is 13.3. The molecule has 0 fully saturated rings. The predicted molar refractivity (Wildman–Crippen MR) is 113 cm³/mol. The number of carbonyl (C=O) groups is 1. The van der Waals surface area contributed by atoms with Crippen molar-refractivity contribution < 1.29 is 13.7 Å². The second kappa shape index (κ2) is 9.52. The Balaban J connectivity index is 1.46. The number of nitrogens with zero attached hydrogens (tertiary/aromatic N) is 5. The van der Waals surface area contributed by atoms with E-state index >= 15 is 0 Å². The number of halogens is 1. The molecule has 4 aromatic rings. The zero-order valence-corrected chi connectivity index (χ0v) is 17.5. The van der Waals surface area contributed by atoms with Crippen molar-refractivity contribution >= 4 is 17.7 Å². The molecule has 0 bridgehead atoms. The minimum Gasteiger partial charge on any atom is -0.355 e. The van der Waals surface area contributed by atoms with Crippen LogP contribution in [0.1, 0.15) is 11.7 Å². The Kier molecular flexibility index (Phi) is 6.37. The highest BCUT2D eigenvalue weighted by atomic mass is 32.2. The highest BCUT2D eigenvalue weighted by Gasteiger charge is 2.17. The van der Waals surface area contributed by atoms with E-state index in [1.165, 1.54) is 23.9 Å². The van der Waals surface area contributed by atoms with Crippen molar-refractivity contribution in [1.29, 1.82) is 0 Å². The van der Waals surface area contributed by atoms with Gasteiger partial charge >= 0.3 is 0 Å². The fourth-order valence-electron chi connectivity index (χ4n) is 2.89. The molecule has 1 amide bonds. The summed E-state index contributed by atoms with van der Waals surface area (Å²) in [6.45, 7) is 2.14. The van der Waals surface area contributed by atoms with Crippen molar-refractivity contribution in [3.05, 3.63) is 72.1 Å². The van der Waals surface area contributed by atoms with Crippen LogP contribution in [-0.2, 0) is 11.2 Å². The number of carbonyl (C=O) groups excluding carboxylic acids is 1. The van der Waals surface area contributed by atoms with E-state index < -0.39 is 0 Å². The van der Waals surface area contributed by atoms with E-state index in [2.05, 4.69) is 25.7 Å². The number of thioether (sulfide) groups is 1. The molecule has 0 saturated carbocycles. The van der Waals surface area contributed by atoms with E-state index in [0.717, 1.165) is 11.3 Å². The van der Waals surface area contributed by atoms with Gasteiger partial charge in [-0.05, 0) is 43.3 Å². The molecule has 0 spiro atoms. The summed E-state index contributed by atoms with van der Waals surface area (Å²) in [5, 5.41) is 15.7. The van der Waals surface area contributed by atoms with Gasteiger partial charge < -0.3 is 9.84 Å². The van der Waals surface area contributed by atoms with Crippen LogP contribution in [0.15, 0.2) is 64.3 Å². The molecule has 8 nitrogen and oxygen atoms in total. The summed E-state index contributed by atoms with van der Waals surface area (Å²) in [5.41, 5.74) is 1.57. The number of benzene rings is 2. The van der Waals surface area contributed by atoms with Crippen molar-refractivity contribution in [2.24, 2.45) is 0 Å². The molecule has 0 aliphatic rings. The fourth-order valence-corrected chi connectivity index (χ4v) is 3.67. The molecule has 10 heteroatoms. The van der Waals surface area contributed by atoms with Crippen LogP contribution >= 0.6 is 11.8 Å². The van der Waals surface area contributed by atoms with Gasteiger partial charge in [0.05, 0.1) is 5.75 Å². The molecule has 4 rings (SSSR count). The summed E-state index contributed by atoms with van der Waals surface area (Å²) >= 11 is 1.27. The highest BCUT2D eigenvalue weighted by Crippen LogP contribution is 2.28. The lowest BCUT2D eigenvalue weighted by molar-refractivity contribution is -0.118. The van der Waals surface area contributed by atoms with Crippen molar-refractivity contribution in [3.63, 3.8) is 0 Å². The molecule has 31 heavy (non-hydrogen) atoms. The highest BCUT2D eigenvalue weighted by molar-refractivity contribution is 7.99. The van der Waals surface area contributed by atoms with Gasteiger partial charge in [0.15, 0.2) is 16.8 Å². The maximum absolute atomic E-state index is 13.3. The minimum atomic E-state index is -0.323. The van der Waals surface area contributed by atoms with Gasteiger partial charge in [-0.1, -0.05) is 35.1 Å². The first-order valence-corrected chi connectivity index (χ1v) is 10.5. The molecule has 158 valence electrons. The standard InChI is InChI=1S/C21H19FN6O2S/c1-14-24-19(30-27-14)11-12-23-18(29)13-31-21-26-25-20(15-7-9-16(22)10-8-15)28(21)17-5-3-2-4-6-17/h2-10H,11-13H2,1H3,(H,23,29). The molecule has 0 aliphatic heterocycles. The predicted octanol–water partition coefficient (Wildman–Crippen LogP) is 3.22. The molecule has 0 radical (unpaired) electrons. The van der Waals surface area contributed by atoms with Gasteiger partial charge in [-0.25, -0.2) is 4.39 Å². The molecular formula is C21H19FN6O2S. The summed E-state index contributed by atoms with van der Waals surface area (Å²) < 4.78 is 20.2. The molecule has 0 saturated heterocycles. The van der Waals surface area contributed by atoms with Crippen LogP contribution in [0.2, 0.25) is 0 Å². The molecule has 1 N–H and O–H groups in total. The first-order valence-electron chi connectivity index (χ1n) is 9.55. The first kappa shape index (κ1) is 20.7. The van der Waals surface area contributed by atoms with Crippen molar-refractivity contribution in [2.75, 3.05) is 12.3 Å². The number of amides is 1. The zero-order valence-electron chi connectivity index (χ0n) is 16.7. The number of aryl methyl sites for hydroxylation is 1. The number of rotatable bonds is 8. The van der Waals surface area contributed by atoms with E-state index in [0.29, 0.717) is 35.7 Å². The third-order valence-electron chi connectivity index (χ3n) is 4.31. The lowest BCUT2D eigenvalue weighted by atomic mass is 10.2. The van der Waals surface area contributed by atoms with Crippen LogP contribution in [-0.4, -0.2) is 43.1 Å². The van der Waals surface area contributed by atoms with Crippen LogP contribution < -0.4 is 5.32 Å². The van der Waals surface area contributed by atoms with Gasteiger partial charge in [0.2, 0.25) is 11.8 Å². The van der Waals surface area contributed by atoms with Gasteiger partial charge in [0.1, 0.15) is 5.82 Å². The normalized spacial score (nSPS) is 10.9. The molecule has 0 aliphatic carbocycles. The molecular weight excluding hydrogens is 419 g/mol. The van der Waals surface area contributed by atoms with Gasteiger partial charge in [-0.2, -0.15) is 4.98 Å². The Hall–Kier alpha value is -3.53. The monoisotopic (exact) mass is 438 g/mol. The number of hydrogen-bond donors (Lipinski definition) is 1. The van der Waals surface area contributed by atoms with E-state index in [-0.39, 0.29) is 17.5 Å². The van der Waals surface area contributed by atoms with Gasteiger partial charge in [0, 0.05) is 24.2 Å². The maximum Gasteiger partial charge on any atom is 0.230 e. The SMILES string of the molecule is Cc1noc(CCNC(=O)CSc2nnc(-c3ccc(F)cc3)n2-c2ccccc2)n1. The first-order chi connectivity index (χ1) is 15.1. The molecule has 2 heterocycles. The zero-order chi connectivity index (χ0) is 21.6. The third-order valence-corrected chi connectivity index (χ3v) is 5.24. The van der Waals surface area contributed by atoms with Crippen molar-refractivity contribution in [2.45, 2.75) is 18.5 Å². The van der Waals surface area contributed by atoms with Gasteiger partial charge in [0.25, 0.3) is 0 Å². The van der Waals surface area contributed by atoms with E-state index in [9.17, 15) is 9.18 Å². The summed E-state index contributed by atoms with van der Waals surface area (Å²) in [6, 6.07) is 15.6. The van der Waals surface area contributed by atoms with Gasteiger partial charge in [-0.3, -0.25) is 9.36 Å². The number of aromatic nitrogens is 5. The molecule has 0 atom stereocenters. The second-order valence-corrected chi connectivity index (χ2v) is 7.55. The number of hydrogen-bond acceptors (Lipinski definition) is 7. The minimum absolute atomic E-state index is 0.146. The largest absolute Gasteiger partial charge is 0.355 e. The Morgan fingerprint density at radius 2 is 1.90 bits per heavy atom. The fraction of sp³-hybridized carbons (Fsp3) is 0.190. The third kappa shape index (κ3) is 5.15. The van der Waals surface area contributed by atoms with E-state index in [1.54, 1.807) is 19.1 Å². The average molecular weight is 438 g/mol. The number of nitrogens with one attached hydrogen (secondary N) is 1. The van der Waals surface area contributed by atoms with Crippen LogP contribution in [0, 0.1) is 12.7 Å². The lowest BCUT2D eigenvalue weighted by Gasteiger charge is -2.10. The van der Waals surface area contributed by atoms with Gasteiger partial charge in [-0.15, -0.1) is 10.2 Å². The lowest BCUT2D eigenvalue weighted by Crippen LogP contribution is -2.27. The average Bonchev–Trinajstić information content (AvgIpc) is 3.39.